The Labute approximate surface area is 185 Å². The molecule has 3 N–H and O–H groups in total. The van der Waals surface area contributed by atoms with Gasteiger partial charge in [-0.15, -0.1) is 24.0 Å². The summed E-state index contributed by atoms with van der Waals surface area (Å²) in [6.45, 7) is 2.31. The van der Waals surface area contributed by atoms with E-state index in [9.17, 15) is 0 Å². The molecule has 2 aromatic carbocycles. The Kier molecular flexibility index (Phi) is 11.2. The largest absolute Gasteiger partial charge is 0.493 e. The van der Waals surface area contributed by atoms with E-state index in [4.69, 9.17) is 15.2 Å². The topological polar surface area (TPSA) is 72.1 Å². The number of hydrogen-bond donors (Lipinski definition) is 2. The summed E-state index contributed by atoms with van der Waals surface area (Å²) in [7, 11) is 5.35. The molecule has 2 aromatic rings. The fourth-order valence-electron chi connectivity index (χ4n) is 2.71. The molecule has 0 radical (unpaired) electrons. The van der Waals surface area contributed by atoms with Gasteiger partial charge in [0.2, 0.25) is 0 Å². The van der Waals surface area contributed by atoms with Gasteiger partial charge in [-0.2, -0.15) is 0 Å². The number of unbranched alkanes of at least 4 members (excludes halogenated alkanes) is 1. The summed E-state index contributed by atoms with van der Waals surface area (Å²) in [4.78, 5) is 6.64. The summed E-state index contributed by atoms with van der Waals surface area (Å²) in [6, 6.07) is 16.1. The zero-order chi connectivity index (χ0) is 19.5. The normalized spacial score (nSPS) is 10.8. The smallest absolute Gasteiger partial charge is 0.188 e. The zero-order valence-electron chi connectivity index (χ0n) is 16.9. The van der Waals surface area contributed by atoms with E-state index >= 15 is 0 Å². The van der Waals surface area contributed by atoms with Gasteiger partial charge in [-0.3, -0.25) is 0 Å². The van der Waals surface area contributed by atoms with Gasteiger partial charge in [0.25, 0.3) is 0 Å². The molecule has 0 spiro atoms. The first-order chi connectivity index (χ1) is 13.1. The average Bonchev–Trinajstić information content (AvgIpc) is 2.72. The van der Waals surface area contributed by atoms with Crippen LogP contribution in [0.4, 0.5) is 5.69 Å². The second-order valence-corrected chi connectivity index (χ2v) is 6.28. The van der Waals surface area contributed by atoms with Crippen LogP contribution in [0, 0.1) is 0 Å². The van der Waals surface area contributed by atoms with Crippen molar-refractivity contribution in [3.63, 3.8) is 0 Å². The number of nitrogens with one attached hydrogen (secondary N) is 1. The van der Waals surface area contributed by atoms with E-state index in [2.05, 4.69) is 46.5 Å². The Balaban J connectivity index is 0.00000392. The van der Waals surface area contributed by atoms with Gasteiger partial charge in [-0.1, -0.05) is 24.3 Å². The van der Waals surface area contributed by atoms with Gasteiger partial charge in [0.1, 0.15) is 0 Å². The highest BCUT2D eigenvalue weighted by atomic mass is 127. The van der Waals surface area contributed by atoms with Crippen molar-refractivity contribution >= 4 is 35.6 Å². The van der Waals surface area contributed by atoms with Crippen LogP contribution in [0.2, 0.25) is 0 Å². The Morgan fingerprint density at radius 1 is 1.04 bits per heavy atom. The molecule has 0 saturated heterocycles. The van der Waals surface area contributed by atoms with Crippen LogP contribution in [0.3, 0.4) is 0 Å². The molecule has 0 bridgehead atoms. The van der Waals surface area contributed by atoms with Gasteiger partial charge in [0.15, 0.2) is 17.5 Å². The van der Waals surface area contributed by atoms with E-state index in [1.165, 1.54) is 5.69 Å². The molecule has 0 aliphatic rings. The van der Waals surface area contributed by atoms with Crippen molar-refractivity contribution in [3.8, 4) is 11.5 Å². The number of nitrogens with two attached hydrogens (primary N) is 1. The maximum atomic E-state index is 5.95. The molecule has 0 heterocycles. The number of ether oxygens (including phenoxy) is 2. The maximum absolute atomic E-state index is 5.95. The highest BCUT2D eigenvalue weighted by Gasteiger charge is 2.04. The molecule has 0 fully saturated rings. The lowest BCUT2D eigenvalue weighted by atomic mass is 10.2. The molecule has 0 atom stereocenters. The molecule has 28 heavy (non-hydrogen) atoms. The number of rotatable bonds is 10. The van der Waals surface area contributed by atoms with Crippen molar-refractivity contribution in [3.05, 3.63) is 54.1 Å². The fourth-order valence-corrected chi connectivity index (χ4v) is 2.71. The SMILES string of the molecule is COc1ccc(CN=C(N)NCCCCN(C)c2ccccc2)cc1OC.I. The first-order valence-electron chi connectivity index (χ1n) is 9.15. The molecule has 0 aliphatic carbocycles. The molecule has 0 saturated carbocycles. The number of hydrogen-bond acceptors (Lipinski definition) is 4. The summed E-state index contributed by atoms with van der Waals surface area (Å²) < 4.78 is 10.5. The lowest BCUT2D eigenvalue weighted by Gasteiger charge is -2.19. The molecule has 0 aliphatic heterocycles. The molecule has 0 aromatic heterocycles. The number of aliphatic imine (C=N–C) groups is 1. The van der Waals surface area contributed by atoms with Crippen LogP contribution in [0.1, 0.15) is 18.4 Å². The van der Waals surface area contributed by atoms with E-state index in [1.54, 1.807) is 14.2 Å². The highest BCUT2D eigenvalue weighted by Crippen LogP contribution is 2.27. The molecule has 2 rings (SSSR count). The third-order valence-electron chi connectivity index (χ3n) is 4.30. The average molecular weight is 498 g/mol. The van der Waals surface area contributed by atoms with Gasteiger partial charge in [-0.05, 0) is 42.7 Å². The second kappa shape index (κ2) is 13.1. The summed E-state index contributed by atoms with van der Waals surface area (Å²) in [5.74, 6) is 1.86. The predicted octanol–water partition coefficient (Wildman–Crippen LogP) is 3.64. The van der Waals surface area contributed by atoms with Crippen LogP contribution in [-0.4, -0.2) is 40.3 Å². The van der Waals surface area contributed by atoms with Crippen LogP contribution in [-0.2, 0) is 6.54 Å². The predicted molar refractivity (Wildman–Crippen MR) is 127 cm³/mol. The van der Waals surface area contributed by atoms with Crippen molar-refractivity contribution in [2.24, 2.45) is 10.7 Å². The zero-order valence-corrected chi connectivity index (χ0v) is 19.2. The Bertz CT molecular complexity index is 726. The minimum Gasteiger partial charge on any atom is -0.493 e. The summed E-state index contributed by atoms with van der Waals surface area (Å²) in [5.41, 5.74) is 8.21. The first-order valence-corrected chi connectivity index (χ1v) is 9.15. The van der Waals surface area contributed by atoms with E-state index in [0.29, 0.717) is 24.0 Å². The van der Waals surface area contributed by atoms with Crippen LogP contribution < -0.4 is 25.4 Å². The van der Waals surface area contributed by atoms with Crippen LogP contribution in [0.5, 0.6) is 11.5 Å². The van der Waals surface area contributed by atoms with E-state index in [0.717, 1.165) is 31.5 Å². The van der Waals surface area contributed by atoms with Crippen LogP contribution in [0.15, 0.2) is 53.5 Å². The Morgan fingerprint density at radius 2 is 1.75 bits per heavy atom. The minimum atomic E-state index is 0. The molecule has 6 nitrogen and oxygen atoms in total. The molecular formula is C21H31IN4O2. The number of halogens is 1. The van der Waals surface area contributed by atoms with Crippen LogP contribution in [0.25, 0.3) is 0 Å². The molecular weight excluding hydrogens is 467 g/mol. The van der Waals surface area contributed by atoms with Crippen molar-refractivity contribution < 1.29 is 9.47 Å². The Hall–Kier alpha value is -2.16. The lowest BCUT2D eigenvalue weighted by Crippen LogP contribution is -2.32. The molecule has 0 unspecified atom stereocenters. The van der Waals surface area contributed by atoms with Crippen molar-refractivity contribution in [1.29, 1.82) is 0 Å². The highest BCUT2D eigenvalue weighted by molar-refractivity contribution is 14.0. The third kappa shape index (κ3) is 7.84. The fraction of sp³-hybridized carbons (Fsp3) is 0.381. The molecule has 0 amide bonds. The maximum Gasteiger partial charge on any atom is 0.188 e. The van der Waals surface area contributed by atoms with Crippen LogP contribution >= 0.6 is 24.0 Å². The van der Waals surface area contributed by atoms with Gasteiger partial charge in [-0.25, -0.2) is 4.99 Å². The van der Waals surface area contributed by atoms with Gasteiger partial charge in [0, 0.05) is 25.8 Å². The summed E-state index contributed by atoms with van der Waals surface area (Å²) in [5, 5.41) is 3.17. The second-order valence-electron chi connectivity index (χ2n) is 6.28. The lowest BCUT2D eigenvalue weighted by molar-refractivity contribution is 0.354. The van der Waals surface area contributed by atoms with Gasteiger partial charge >= 0.3 is 0 Å². The number of benzene rings is 2. The number of guanidine groups is 1. The van der Waals surface area contributed by atoms with E-state index in [-0.39, 0.29) is 24.0 Å². The quantitative estimate of drug-likeness (QED) is 0.227. The van der Waals surface area contributed by atoms with E-state index in [1.807, 2.05) is 24.3 Å². The monoisotopic (exact) mass is 498 g/mol. The number of nitrogens with zero attached hydrogens (tertiary/aromatic N) is 2. The standard InChI is InChI=1S/C21H30N4O2.HI/c1-25(18-9-5-4-6-10-18)14-8-7-13-23-21(22)24-16-17-11-12-19(26-2)20(15-17)27-3;/h4-6,9-12,15H,7-8,13-14,16H2,1-3H3,(H3,22,23,24);1H. The van der Waals surface area contributed by atoms with Crippen molar-refractivity contribution in [2.45, 2.75) is 19.4 Å². The Morgan fingerprint density at radius 3 is 2.43 bits per heavy atom. The van der Waals surface area contributed by atoms with Gasteiger partial charge in [0.05, 0.1) is 20.8 Å². The number of anilines is 1. The third-order valence-corrected chi connectivity index (χ3v) is 4.30. The van der Waals surface area contributed by atoms with Crippen molar-refractivity contribution in [1.82, 2.24) is 5.32 Å². The number of para-hydroxylation sites is 1. The summed E-state index contributed by atoms with van der Waals surface area (Å²) in [6.07, 6.45) is 2.12. The van der Waals surface area contributed by atoms with Gasteiger partial charge < -0.3 is 25.4 Å². The molecule has 154 valence electrons. The minimum absolute atomic E-state index is 0. The van der Waals surface area contributed by atoms with Crippen molar-refractivity contribution in [2.75, 3.05) is 39.3 Å². The first kappa shape index (κ1) is 23.9. The number of methoxy groups -OCH3 is 2. The molecule has 7 heteroatoms. The van der Waals surface area contributed by atoms with E-state index < -0.39 is 0 Å². The summed E-state index contributed by atoms with van der Waals surface area (Å²) >= 11 is 0.